The zero-order valence-corrected chi connectivity index (χ0v) is 15.0. The highest BCUT2D eigenvalue weighted by atomic mass is 79.9. The number of hydrogen-bond donors (Lipinski definition) is 0. The number of rotatable bonds is 2. The Hall–Kier alpha value is -1.59. The Morgan fingerprint density at radius 2 is 2.22 bits per heavy atom. The van der Waals surface area contributed by atoms with E-state index in [1.165, 1.54) is 17.7 Å². The first-order valence-corrected chi connectivity index (χ1v) is 8.79. The van der Waals surface area contributed by atoms with Crippen LogP contribution < -0.4 is 4.90 Å². The number of anilines is 1. The molecule has 1 atom stereocenters. The van der Waals surface area contributed by atoms with Gasteiger partial charge in [0, 0.05) is 47.1 Å². The van der Waals surface area contributed by atoms with Gasteiger partial charge in [-0.15, -0.1) is 0 Å². The van der Waals surface area contributed by atoms with Crippen molar-refractivity contribution < 1.29 is 0 Å². The summed E-state index contributed by atoms with van der Waals surface area (Å²) in [5, 5.41) is 6.09. The molecule has 0 amide bonds. The molecule has 23 heavy (non-hydrogen) atoms. The van der Waals surface area contributed by atoms with E-state index < -0.39 is 0 Å². The van der Waals surface area contributed by atoms with Crippen LogP contribution in [0.15, 0.2) is 41.3 Å². The summed E-state index contributed by atoms with van der Waals surface area (Å²) >= 11 is 9.92. The Balaban J connectivity index is 1.85. The van der Waals surface area contributed by atoms with Crippen molar-refractivity contribution in [1.29, 1.82) is 0 Å². The van der Waals surface area contributed by atoms with Crippen LogP contribution in [0.3, 0.4) is 0 Å². The summed E-state index contributed by atoms with van der Waals surface area (Å²) in [7, 11) is 1.96. The number of aromatic nitrogens is 3. The van der Waals surface area contributed by atoms with Crippen LogP contribution in [0.25, 0.3) is 10.9 Å². The van der Waals surface area contributed by atoms with Crippen LogP contribution in [0.2, 0.25) is 5.02 Å². The van der Waals surface area contributed by atoms with E-state index in [0.717, 1.165) is 28.3 Å². The molecule has 0 spiro atoms. The predicted octanol–water partition coefficient (Wildman–Crippen LogP) is 4.73. The second kappa shape index (κ2) is 5.80. The highest BCUT2D eigenvalue weighted by Crippen LogP contribution is 2.40. The molecular formula is C17H16BrClN4. The van der Waals surface area contributed by atoms with Gasteiger partial charge in [0.05, 0.1) is 22.8 Å². The fourth-order valence-electron chi connectivity index (χ4n) is 3.43. The smallest absolute Gasteiger partial charge is 0.0909 e. The molecule has 3 aromatic rings. The van der Waals surface area contributed by atoms with Gasteiger partial charge in [-0.25, -0.2) is 0 Å². The van der Waals surface area contributed by atoms with E-state index in [0.29, 0.717) is 11.1 Å². The minimum Gasteiger partial charge on any atom is -0.364 e. The molecule has 1 unspecified atom stereocenters. The summed E-state index contributed by atoms with van der Waals surface area (Å²) in [6, 6.07) is 6.43. The van der Waals surface area contributed by atoms with Crippen LogP contribution in [0.5, 0.6) is 0 Å². The topological polar surface area (TPSA) is 34.0 Å². The first kappa shape index (κ1) is 15.0. The Labute approximate surface area is 148 Å². The molecule has 1 saturated heterocycles. The van der Waals surface area contributed by atoms with E-state index >= 15 is 0 Å². The quantitative estimate of drug-likeness (QED) is 0.633. The summed E-state index contributed by atoms with van der Waals surface area (Å²) < 4.78 is 2.84. The second-order valence-electron chi connectivity index (χ2n) is 5.91. The van der Waals surface area contributed by atoms with E-state index in [1.807, 2.05) is 30.2 Å². The minimum absolute atomic E-state index is 0.354. The van der Waals surface area contributed by atoms with Gasteiger partial charge in [0.2, 0.25) is 0 Å². The maximum absolute atomic E-state index is 6.37. The SMILES string of the molecule is Cn1cc(C2CCCN2c2ccnc3c(Cl)cc(Br)cc23)cn1. The number of halogens is 2. The van der Waals surface area contributed by atoms with Gasteiger partial charge >= 0.3 is 0 Å². The van der Waals surface area contributed by atoms with Gasteiger partial charge in [0.25, 0.3) is 0 Å². The van der Waals surface area contributed by atoms with Gasteiger partial charge in [-0.3, -0.25) is 9.67 Å². The number of fused-ring (bicyclic) bond motifs is 1. The Kier molecular flexibility index (Phi) is 3.77. The average Bonchev–Trinajstić information content (AvgIpc) is 3.15. The first-order valence-electron chi connectivity index (χ1n) is 7.62. The maximum atomic E-state index is 6.37. The fourth-order valence-corrected chi connectivity index (χ4v) is 4.29. The summed E-state index contributed by atoms with van der Waals surface area (Å²) in [6.45, 7) is 1.03. The molecule has 0 radical (unpaired) electrons. The lowest BCUT2D eigenvalue weighted by Crippen LogP contribution is -2.22. The van der Waals surface area contributed by atoms with Crippen molar-refractivity contribution in [2.75, 3.05) is 11.4 Å². The van der Waals surface area contributed by atoms with Crippen molar-refractivity contribution in [3.8, 4) is 0 Å². The molecule has 1 aliphatic heterocycles. The number of aryl methyl sites for hydroxylation is 1. The van der Waals surface area contributed by atoms with Crippen LogP contribution in [0.1, 0.15) is 24.4 Å². The summed E-state index contributed by atoms with van der Waals surface area (Å²) in [5.41, 5.74) is 3.30. The zero-order valence-electron chi connectivity index (χ0n) is 12.7. The Morgan fingerprint density at radius 3 is 3.00 bits per heavy atom. The normalized spacial score (nSPS) is 18.0. The largest absolute Gasteiger partial charge is 0.364 e. The summed E-state index contributed by atoms with van der Waals surface area (Å²) in [6.07, 6.45) is 8.23. The average molecular weight is 392 g/mol. The summed E-state index contributed by atoms with van der Waals surface area (Å²) in [4.78, 5) is 6.91. The molecule has 4 rings (SSSR count). The fraction of sp³-hybridized carbons (Fsp3) is 0.294. The lowest BCUT2D eigenvalue weighted by Gasteiger charge is -2.27. The molecule has 118 valence electrons. The van der Waals surface area contributed by atoms with E-state index in [2.05, 4.69) is 49.2 Å². The zero-order chi connectivity index (χ0) is 16.0. The standard InChI is InChI=1S/C17H16BrClN4/c1-22-10-11(9-21-22)15-3-2-6-23(15)16-4-5-20-17-13(16)7-12(18)8-14(17)19/h4-5,7-10,15H,2-3,6H2,1H3. The van der Waals surface area contributed by atoms with Crippen molar-refractivity contribution in [3.05, 3.63) is 51.8 Å². The maximum Gasteiger partial charge on any atom is 0.0909 e. The van der Waals surface area contributed by atoms with Gasteiger partial charge in [-0.1, -0.05) is 27.5 Å². The Bertz CT molecular complexity index is 876. The van der Waals surface area contributed by atoms with Gasteiger partial charge in [0.15, 0.2) is 0 Å². The van der Waals surface area contributed by atoms with Crippen LogP contribution in [0, 0.1) is 0 Å². The molecule has 1 aliphatic rings. The molecule has 0 N–H and O–H groups in total. The summed E-state index contributed by atoms with van der Waals surface area (Å²) in [5.74, 6) is 0. The van der Waals surface area contributed by atoms with Gasteiger partial charge in [0.1, 0.15) is 0 Å². The number of nitrogens with zero attached hydrogens (tertiary/aromatic N) is 4. The van der Waals surface area contributed by atoms with Gasteiger partial charge < -0.3 is 4.90 Å². The first-order chi connectivity index (χ1) is 11.1. The van der Waals surface area contributed by atoms with E-state index in [9.17, 15) is 0 Å². The highest BCUT2D eigenvalue weighted by Gasteiger charge is 2.28. The number of benzene rings is 1. The van der Waals surface area contributed by atoms with Crippen LogP contribution >= 0.6 is 27.5 Å². The van der Waals surface area contributed by atoms with Crippen LogP contribution in [0.4, 0.5) is 5.69 Å². The van der Waals surface area contributed by atoms with Crippen LogP contribution in [-0.2, 0) is 7.05 Å². The predicted molar refractivity (Wildman–Crippen MR) is 97.0 cm³/mol. The molecule has 0 bridgehead atoms. The van der Waals surface area contributed by atoms with Crippen molar-refractivity contribution in [2.24, 2.45) is 7.05 Å². The lowest BCUT2D eigenvalue weighted by molar-refractivity contribution is 0.716. The third-order valence-electron chi connectivity index (χ3n) is 4.41. The Morgan fingerprint density at radius 1 is 1.35 bits per heavy atom. The van der Waals surface area contributed by atoms with Crippen molar-refractivity contribution in [1.82, 2.24) is 14.8 Å². The van der Waals surface area contributed by atoms with Crippen molar-refractivity contribution >= 4 is 44.1 Å². The van der Waals surface area contributed by atoms with E-state index in [-0.39, 0.29) is 0 Å². The molecule has 6 heteroatoms. The molecule has 1 fully saturated rings. The second-order valence-corrected chi connectivity index (χ2v) is 7.24. The lowest BCUT2D eigenvalue weighted by atomic mass is 10.1. The molecule has 2 aromatic heterocycles. The highest BCUT2D eigenvalue weighted by molar-refractivity contribution is 9.10. The number of hydrogen-bond acceptors (Lipinski definition) is 3. The van der Waals surface area contributed by atoms with E-state index in [4.69, 9.17) is 11.6 Å². The van der Waals surface area contributed by atoms with Crippen molar-refractivity contribution in [2.45, 2.75) is 18.9 Å². The van der Waals surface area contributed by atoms with Crippen molar-refractivity contribution in [3.63, 3.8) is 0 Å². The third kappa shape index (κ3) is 2.62. The molecule has 4 nitrogen and oxygen atoms in total. The molecule has 0 saturated carbocycles. The van der Waals surface area contributed by atoms with E-state index in [1.54, 1.807) is 0 Å². The van der Waals surface area contributed by atoms with Gasteiger partial charge in [-0.05, 0) is 31.0 Å². The monoisotopic (exact) mass is 390 g/mol. The molecule has 0 aliphatic carbocycles. The van der Waals surface area contributed by atoms with Crippen LogP contribution in [-0.4, -0.2) is 21.3 Å². The van der Waals surface area contributed by atoms with Gasteiger partial charge in [-0.2, -0.15) is 5.10 Å². The molecule has 3 heterocycles. The molecule has 1 aromatic carbocycles. The number of pyridine rings is 1. The molecular weight excluding hydrogens is 376 g/mol. The minimum atomic E-state index is 0.354. The third-order valence-corrected chi connectivity index (χ3v) is 5.16.